The van der Waals surface area contributed by atoms with Crippen LogP contribution in [0.5, 0.6) is 0 Å². The first-order valence-electron chi connectivity index (χ1n) is 22.8. The van der Waals surface area contributed by atoms with Gasteiger partial charge in [0.05, 0.1) is 11.4 Å². The first-order valence-corrected chi connectivity index (χ1v) is 22.8. The van der Waals surface area contributed by atoms with Gasteiger partial charge in [-0.1, -0.05) is 206 Å². The van der Waals surface area contributed by atoms with Gasteiger partial charge < -0.3 is 14.2 Å². The molecule has 3 nitrogen and oxygen atoms in total. The van der Waals surface area contributed by atoms with Crippen molar-refractivity contribution < 1.29 is 4.42 Å². The second kappa shape index (κ2) is 17.2. The number of anilines is 6. The van der Waals surface area contributed by atoms with Crippen LogP contribution in [0.2, 0.25) is 0 Å². The molecule has 0 unspecified atom stereocenters. The van der Waals surface area contributed by atoms with Gasteiger partial charge in [-0.2, -0.15) is 0 Å². The molecule has 12 aromatic rings. The van der Waals surface area contributed by atoms with Crippen molar-refractivity contribution in [1.29, 1.82) is 0 Å². The van der Waals surface area contributed by atoms with Crippen LogP contribution in [0.15, 0.2) is 271 Å². The molecule has 0 aliphatic rings. The summed E-state index contributed by atoms with van der Waals surface area (Å²) < 4.78 is 7.17. The van der Waals surface area contributed by atoms with Gasteiger partial charge in [0.2, 0.25) is 0 Å². The Bertz CT molecular complexity index is 3660. The molecule has 0 fully saturated rings. The van der Waals surface area contributed by atoms with E-state index >= 15 is 0 Å². The fraction of sp³-hybridized carbons (Fsp3) is 0. The molecule has 0 saturated heterocycles. The first kappa shape index (κ1) is 39.7. The summed E-state index contributed by atoms with van der Waals surface area (Å²) in [5.41, 5.74) is 16.9. The number of furan rings is 1. The molecule has 11 aromatic carbocycles. The molecule has 0 bridgehead atoms. The first-order chi connectivity index (χ1) is 33.2. The monoisotopic (exact) mass is 856 g/mol. The average Bonchev–Trinajstić information content (AvgIpc) is 3.80. The lowest BCUT2D eigenvalue weighted by Crippen LogP contribution is -2.14. The molecule has 0 aliphatic carbocycles. The largest absolute Gasteiger partial charge is 0.454 e. The standard InChI is InChI=1S/C64H44N2O/c1-5-18-45(19-6-1)48-32-37-53(38-33-48)65(55-28-17-27-52(42-55)47-22-9-3-10-23-47)61-44-56(43-59-63-58-30-14-13-26-51(58)36-41-62(63)67-64(59)61)66(54-39-34-49(35-40-54)46-20-7-2-8-21-46)60-31-16-15-29-57(60)50-24-11-4-12-25-50/h1-44H. The summed E-state index contributed by atoms with van der Waals surface area (Å²) in [5, 5.41) is 4.43. The summed E-state index contributed by atoms with van der Waals surface area (Å²) in [6.07, 6.45) is 0. The maximum Gasteiger partial charge on any atom is 0.159 e. The SMILES string of the molecule is c1ccc(-c2ccc(N(c3cc(N(c4ccc(-c5ccccc5)cc4)c4cccc(-c5ccccc5)c4)c4oc5ccc6ccccc6c5c4c3)c3ccccc3-c3ccccc3)cc2)cc1. The van der Waals surface area contributed by atoms with E-state index in [1.807, 2.05) is 0 Å². The quantitative estimate of drug-likeness (QED) is 0.137. The summed E-state index contributed by atoms with van der Waals surface area (Å²) >= 11 is 0. The fourth-order valence-electron chi connectivity index (χ4n) is 9.62. The van der Waals surface area contributed by atoms with Crippen molar-refractivity contribution in [3.05, 3.63) is 267 Å². The minimum atomic E-state index is 0.808. The average molecular weight is 857 g/mol. The zero-order valence-electron chi connectivity index (χ0n) is 36.7. The van der Waals surface area contributed by atoms with E-state index < -0.39 is 0 Å². The predicted molar refractivity (Wildman–Crippen MR) is 282 cm³/mol. The normalized spacial score (nSPS) is 11.3. The minimum absolute atomic E-state index is 0.808. The molecule has 0 radical (unpaired) electrons. The number of hydrogen-bond acceptors (Lipinski definition) is 3. The predicted octanol–water partition coefficient (Wildman–Crippen LogP) is 18.3. The molecule has 0 amide bonds. The van der Waals surface area contributed by atoms with Crippen LogP contribution in [0.25, 0.3) is 77.2 Å². The number of para-hydroxylation sites is 1. The number of benzene rings is 11. The molecule has 316 valence electrons. The lowest BCUT2D eigenvalue weighted by Gasteiger charge is -2.31. The van der Waals surface area contributed by atoms with E-state index in [9.17, 15) is 0 Å². The van der Waals surface area contributed by atoms with Crippen molar-refractivity contribution in [2.24, 2.45) is 0 Å². The summed E-state index contributed by atoms with van der Waals surface area (Å²) in [7, 11) is 0. The summed E-state index contributed by atoms with van der Waals surface area (Å²) in [5.74, 6) is 0. The molecule has 1 aromatic heterocycles. The molecule has 0 atom stereocenters. The number of nitrogens with zero attached hydrogens (tertiary/aromatic N) is 2. The van der Waals surface area contributed by atoms with Crippen LogP contribution < -0.4 is 9.80 Å². The third-order valence-corrected chi connectivity index (χ3v) is 12.8. The summed E-state index contributed by atoms with van der Waals surface area (Å²) in [6.45, 7) is 0. The molecule has 0 saturated carbocycles. The maximum absolute atomic E-state index is 7.17. The molecule has 12 rings (SSSR count). The van der Waals surface area contributed by atoms with Crippen LogP contribution in [0, 0.1) is 0 Å². The minimum Gasteiger partial charge on any atom is -0.454 e. The maximum atomic E-state index is 7.17. The Morgan fingerprint density at radius 2 is 0.761 bits per heavy atom. The van der Waals surface area contributed by atoms with Crippen LogP contribution in [-0.2, 0) is 0 Å². The Morgan fingerprint density at radius 3 is 1.39 bits per heavy atom. The Hall–Kier alpha value is -8.92. The Balaban J connectivity index is 1.16. The van der Waals surface area contributed by atoms with E-state index in [-0.39, 0.29) is 0 Å². The third kappa shape index (κ3) is 7.49. The molecular formula is C64H44N2O. The lowest BCUT2D eigenvalue weighted by molar-refractivity contribution is 0.669. The van der Waals surface area contributed by atoms with Gasteiger partial charge in [-0.15, -0.1) is 0 Å². The zero-order chi connectivity index (χ0) is 44.5. The van der Waals surface area contributed by atoms with Crippen molar-refractivity contribution in [1.82, 2.24) is 0 Å². The fourth-order valence-corrected chi connectivity index (χ4v) is 9.62. The van der Waals surface area contributed by atoms with Gasteiger partial charge in [0, 0.05) is 39.1 Å². The third-order valence-electron chi connectivity index (χ3n) is 12.8. The summed E-state index contributed by atoms with van der Waals surface area (Å²) in [4.78, 5) is 4.79. The van der Waals surface area contributed by atoms with Crippen molar-refractivity contribution >= 4 is 66.8 Å². The number of rotatable bonds is 10. The van der Waals surface area contributed by atoms with Gasteiger partial charge in [0.15, 0.2) is 5.58 Å². The second-order valence-electron chi connectivity index (χ2n) is 16.9. The number of hydrogen-bond donors (Lipinski definition) is 0. The van der Waals surface area contributed by atoms with Gasteiger partial charge in [-0.3, -0.25) is 0 Å². The highest BCUT2D eigenvalue weighted by atomic mass is 16.3. The molecule has 0 N–H and O–H groups in total. The van der Waals surface area contributed by atoms with Gasteiger partial charge >= 0.3 is 0 Å². The second-order valence-corrected chi connectivity index (χ2v) is 16.9. The van der Waals surface area contributed by atoms with E-state index in [1.54, 1.807) is 0 Å². The van der Waals surface area contributed by atoms with Crippen molar-refractivity contribution in [3.63, 3.8) is 0 Å². The van der Waals surface area contributed by atoms with E-state index in [4.69, 9.17) is 4.42 Å². The highest BCUT2D eigenvalue weighted by Crippen LogP contribution is 2.50. The van der Waals surface area contributed by atoms with Crippen LogP contribution >= 0.6 is 0 Å². The molecule has 1 heterocycles. The van der Waals surface area contributed by atoms with E-state index in [1.165, 1.54) is 11.1 Å². The Kier molecular flexibility index (Phi) is 10.2. The molecule has 3 heteroatoms. The topological polar surface area (TPSA) is 19.6 Å². The van der Waals surface area contributed by atoms with Gasteiger partial charge in [0.1, 0.15) is 5.58 Å². The highest BCUT2D eigenvalue weighted by Gasteiger charge is 2.26. The van der Waals surface area contributed by atoms with Crippen LogP contribution in [-0.4, -0.2) is 0 Å². The van der Waals surface area contributed by atoms with Crippen LogP contribution in [0.1, 0.15) is 0 Å². The molecule has 0 spiro atoms. The van der Waals surface area contributed by atoms with Crippen molar-refractivity contribution in [2.45, 2.75) is 0 Å². The van der Waals surface area contributed by atoms with Gasteiger partial charge in [0.25, 0.3) is 0 Å². The molecule has 0 aliphatic heterocycles. The van der Waals surface area contributed by atoms with E-state index in [0.717, 1.165) is 100 Å². The van der Waals surface area contributed by atoms with Crippen molar-refractivity contribution in [3.8, 4) is 44.5 Å². The Morgan fingerprint density at radius 1 is 0.269 bits per heavy atom. The lowest BCUT2D eigenvalue weighted by atomic mass is 9.99. The van der Waals surface area contributed by atoms with E-state index in [2.05, 4.69) is 277 Å². The Labute approximate surface area is 390 Å². The number of fused-ring (bicyclic) bond motifs is 5. The van der Waals surface area contributed by atoms with Crippen molar-refractivity contribution in [2.75, 3.05) is 9.80 Å². The smallest absolute Gasteiger partial charge is 0.159 e. The molecular weight excluding hydrogens is 813 g/mol. The van der Waals surface area contributed by atoms with Gasteiger partial charge in [-0.25, -0.2) is 0 Å². The van der Waals surface area contributed by atoms with Crippen LogP contribution in [0.4, 0.5) is 34.1 Å². The summed E-state index contributed by atoms with van der Waals surface area (Å²) in [6, 6.07) is 95.5. The highest BCUT2D eigenvalue weighted by molar-refractivity contribution is 6.22. The molecule has 67 heavy (non-hydrogen) atoms. The zero-order valence-corrected chi connectivity index (χ0v) is 36.7. The van der Waals surface area contributed by atoms with E-state index in [0.29, 0.717) is 0 Å². The van der Waals surface area contributed by atoms with Crippen LogP contribution in [0.3, 0.4) is 0 Å². The van der Waals surface area contributed by atoms with Gasteiger partial charge in [-0.05, 0) is 110 Å².